The number of carbonyl (C=O) groups is 1. The highest BCUT2D eigenvalue weighted by molar-refractivity contribution is 6.30. The maximum Gasteiger partial charge on any atom is 0.244 e. The molecule has 0 atom stereocenters. The van der Waals surface area contributed by atoms with Crippen molar-refractivity contribution in [3.63, 3.8) is 0 Å². The first-order valence-corrected chi connectivity index (χ1v) is 9.42. The van der Waals surface area contributed by atoms with Crippen LogP contribution in [0.1, 0.15) is 16.7 Å². The Morgan fingerprint density at radius 3 is 2.45 bits per heavy atom. The smallest absolute Gasteiger partial charge is 0.244 e. The SMILES string of the molecule is COc1ccc(CC(=O)N/N=C\c2cccc(OCc3ccc(Cl)cc3)c2)cc1. The number of amides is 1. The quantitative estimate of drug-likeness (QED) is 0.437. The molecule has 0 bridgehead atoms. The van der Waals surface area contributed by atoms with Crippen LogP contribution in [0.5, 0.6) is 11.5 Å². The summed E-state index contributed by atoms with van der Waals surface area (Å²) >= 11 is 5.89. The molecule has 0 aliphatic rings. The number of hydrazone groups is 1. The van der Waals surface area contributed by atoms with Crippen LogP contribution in [-0.2, 0) is 17.8 Å². The van der Waals surface area contributed by atoms with E-state index in [1.807, 2.05) is 72.8 Å². The Kier molecular flexibility index (Phi) is 7.25. The van der Waals surface area contributed by atoms with Crippen LogP contribution in [0.15, 0.2) is 77.9 Å². The number of hydrogen-bond donors (Lipinski definition) is 1. The van der Waals surface area contributed by atoms with Gasteiger partial charge in [0.15, 0.2) is 0 Å². The van der Waals surface area contributed by atoms with Gasteiger partial charge in [0.25, 0.3) is 0 Å². The number of carbonyl (C=O) groups excluding carboxylic acids is 1. The predicted molar refractivity (Wildman–Crippen MR) is 115 cm³/mol. The molecule has 148 valence electrons. The van der Waals surface area contributed by atoms with E-state index in [0.29, 0.717) is 17.4 Å². The van der Waals surface area contributed by atoms with Crippen molar-refractivity contribution in [1.29, 1.82) is 0 Å². The predicted octanol–water partition coefficient (Wildman–Crippen LogP) is 4.62. The second-order valence-electron chi connectivity index (χ2n) is 6.31. The van der Waals surface area contributed by atoms with E-state index in [9.17, 15) is 4.79 Å². The molecule has 3 aromatic carbocycles. The molecule has 0 unspecified atom stereocenters. The fourth-order valence-corrected chi connectivity index (χ4v) is 2.71. The van der Waals surface area contributed by atoms with Gasteiger partial charge in [0.1, 0.15) is 18.1 Å². The van der Waals surface area contributed by atoms with E-state index in [1.165, 1.54) is 0 Å². The first-order valence-electron chi connectivity index (χ1n) is 9.04. The normalized spacial score (nSPS) is 10.7. The molecule has 0 aromatic heterocycles. The fourth-order valence-electron chi connectivity index (χ4n) is 2.58. The third-order valence-electron chi connectivity index (χ3n) is 4.10. The number of methoxy groups -OCH3 is 1. The van der Waals surface area contributed by atoms with Crippen LogP contribution in [0.3, 0.4) is 0 Å². The van der Waals surface area contributed by atoms with Gasteiger partial charge in [-0.25, -0.2) is 5.43 Å². The van der Waals surface area contributed by atoms with Gasteiger partial charge in [-0.15, -0.1) is 0 Å². The number of halogens is 1. The molecule has 1 amide bonds. The monoisotopic (exact) mass is 408 g/mol. The summed E-state index contributed by atoms with van der Waals surface area (Å²) in [5, 5.41) is 4.72. The van der Waals surface area contributed by atoms with E-state index in [2.05, 4.69) is 10.5 Å². The van der Waals surface area contributed by atoms with Crippen molar-refractivity contribution >= 4 is 23.7 Å². The van der Waals surface area contributed by atoms with Gasteiger partial charge in [0, 0.05) is 5.02 Å². The lowest BCUT2D eigenvalue weighted by atomic mass is 10.1. The molecule has 0 spiro atoms. The molecule has 3 rings (SSSR count). The minimum absolute atomic E-state index is 0.193. The molecular formula is C23H21ClN2O3. The van der Waals surface area contributed by atoms with Gasteiger partial charge in [-0.05, 0) is 53.1 Å². The zero-order chi connectivity index (χ0) is 20.5. The summed E-state index contributed by atoms with van der Waals surface area (Å²) in [6.45, 7) is 0.441. The molecule has 0 aliphatic heterocycles. The minimum atomic E-state index is -0.193. The fraction of sp³-hybridized carbons (Fsp3) is 0.130. The van der Waals surface area contributed by atoms with Crippen molar-refractivity contribution in [3.05, 3.63) is 94.5 Å². The van der Waals surface area contributed by atoms with Gasteiger partial charge in [-0.3, -0.25) is 4.79 Å². The second kappa shape index (κ2) is 10.3. The summed E-state index contributed by atoms with van der Waals surface area (Å²) in [7, 11) is 1.61. The lowest BCUT2D eigenvalue weighted by Gasteiger charge is -2.07. The molecule has 29 heavy (non-hydrogen) atoms. The Bertz CT molecular complexity index is 970. The number of nitrogens with one attached hydrogen (secondary N) is 1. The highest BCUT2D eigenvalue weighted by Crippen LogP contribution is 2.16. The maximum absolute atomic E-state index is 12.0. The van der Waals surface area contributed by atoms with Crippen molar-refractivity contribution in [1.82, 2.24) is 5.43 Å². The summed E-state index contributed by atoms with van der Waals surface area (Å²) in [5.74, 6) is 1.28. The first kappa shape index (κ1) is 20.4. The molecule has 0 aliphatic carbocycles. The number of rotatable bonds is 8. The van der Waals surface area contributed by atoms with E-state index < -0.39 is 0 Å². The molecule has 0 saturated carbocycles. The van der Waals surface area contributed by atoms with E-state index >= 15 is 0 Å². The van der Waals surface area contributed by atoms with Gasteiger partial charge in [-0.1, -0.05) is 48.0 Å². The van der Waals surface area contributed by atoms with Crippen LogP contribution in [0, 0.1) is 0 Å². The zero-order valence-electron chi connectivity index (χ0n) is 16.0. The van der Waals surface area contributed by atoms with Crippen molar-refractivity contribution in [2.45, 2.75) is 13.0 Å². The van der Waals surface area contributed by atoms with E-state index in [0.717, 1.165) is 22.4 Å². The van der Waals surface area contributed by atoms with Crippen LogP contribution in [0.4, 0.5) is 0 Å². The average Bonchev–Trinajstić information content (AvgIpc) is 2.74. The van der Waals surface area contributed by atoms with Crippen molar-refractivity contribution < 1.29 is 14.3 Å². The van der Waals surface area contributed by atoms with Crippen LogP contribution >= 0.6 is 11.6 Å². The Hall–Kier alpha value is -3.31. The van der Waals surface area contributed by atoms with Crippen molar-refractivity contribution in [3.8, 4) is 11.5 Å². The molecule has 1 N–H and O–H groups in total. The van der Waals surface area contributed by atoms with Crippen molar-refractivity contribution in [2.75, 3.05) is 7.11 Å². The molecule has 0 fully saturated rings. The van der Waals surface area contributed by atoms with E-state index in [1.54, 1.807) is 13.3 Å². The minimum Gasteiger partial charge on any atom is -0.497 e. The van der Waals surface area contributed by atoms with E-state index in [-0.39, 0.29) is 12.3 Å². The molecule has 5 nitrogen and oxygen atoms in total. The summed E-state index contributed by atoms with van der Waals surface area (Å²) in [6.07, 6.45) is 1.83. The molecule has 0 radical (unpaired) electrons. The van der Waals surface area contributed by atoms with Crippen LogP contribution in [0.2, 0.25) is 5.02 Å². The molecule has 6 heteroatoms. The summed E-state index contributed by atoms with van der Waals surface area (Å²) in [5.41, 5.74) is 5.27. The summed E-state index contributed by atoms with van der Waals surface area (Å²) in [4.78, 5) is 12.0. The Morgan fingerprint density at radius 1 is 1.00 bits per heavy atom. The Balaban J connectivity index is 1.50. The second-order valence-corrected chi connectivity index (χ2v) is 6.74. The molecule has 3 aromatic rings. The van der Waals surface area contributed by atoms with E-state index in [4.69, 9.17) is 21.1 Å². The number of hydrogen-bond acceptors (Lipinski definition) is 4. The lowest BCUT2D eigenvalue weighted by Crippen LogP contribution is -2.19. The molecule has 0 heterocycles. The highest BCUT2D eigenvalue weighted by atomic mass is 35.5. The third kappa shape index (κ3) is 6.66. The van der Waals surface area contributed by atoms with Crippen LogP contribution in [0.25, 0.3) is 0 Å². The van der Waals surface area contributed by atoms with Gasteiger partial charge >= 0.3 is 0 Å². The first-order chi connectivity index (χ1) is 14.1. The van der Waals surface area contributed by atoms with Crippen LogP contribution < -0.4 is 14.9 Å². The van der Waals surface area contributed by atoms with Crippen LogP contribution in [-0.4, -0.2) is 19.2 Å². The summed E-state index contributed by atoms with van der Waals surface area (Å²) < 4.78 is 10.9. The number of nitrogens with zero attached hydrogens (tertiary/aromatic N) is 1. The van der Waals surface area contributed by atoms with Gasteiger partial charge < -0.3 is 9.47 Å². The maximum atomic E-state index is 12.0. The molecule has 0 saturated heterocycles. The molecular weight excluding hydrogens is 388 g/mol. The lowest BCUT2D eigenvalue weighted by molar-refractivity contribution is -0.120. The standard InChI is InChI=1S/C23H21ClN2O3/c1-28-21-11-7-17(8-12-21)14-23(27)26-25-15-19-3-2-4-22(13-19)29-16-18-5-9-20(24)10-6-18/h2-13,15H,14,16H2,1H3,(H,26,27)/b25-15-. The van der Waals surface area contributed by atoms with Gasteiger partial charge in [0.2, 0.25) is 5.91 Å². The average molecular weight is 409 g/mol. The number of ether oxygens (including phenoxy) is 2. The largest absolute Gasteiger partial charge is 0.497 e. The highest BCUT2D eigenvalue weighted by Gasteiger charge is 2.03. The zero-order valence-corrected chi connectivity index (χ0v) is 16.7. The topological polar surface area (TPSA) is 59.9 Å². The van der Waals surface area contributed by atoms with Gasteiger partial charge in [-0.2, -0.15) is 5.10 Å². The Labute approximate surface area is 174 Å². The third-order valence-corrected chi connectivity index (χ3v) is 4.36. The van der Waals surface area contributed by atoms with Crippen molar-refractivity contribution in [2.24, 2.45) is 5.10 Å². The summed E-state index contributed by atoms with van der Waals surface area (Å²) in [6, 6.07) is 22.3. The van der Waals surface area contributed by atoms with Gasteiger partial charge in [0.05, 0.1) is 19.7 Å². The Morgan fingerprint density at radius 2 is 1.72 bits per heavy atom. The number of benzene rings is 3.